The summed E-state index contributed by atoms with van der Waals surface area (Å²) in [4.78, 5) is 2.52. The Morgan fingerprint density at radius 1 is 1.10 bits per heavy atom. The fourth-order valence-electron chi connectivity index (χ4n) is 3.87. The molecule has 2 atom stereocenters. The van der Waals surface area contributed by atoms with Crippen LogP contribution in [0.1, 0.15) is 18.1 Å². The van der Waals surface area contributed by atoms with Crippen molar-refractivity contribution in [1.82, 2.24) is 4.90 Å². The molecule has 2 aromatic carbocycles. The van der Waals surface area contributed by atoms with E-state index >= 15 is 0 Å². The third kappa shape index (κ3) is 4.26. The van der Waals surface area contributed by atoms with Gasteiger partial charge in [-0.1, -0.05) is 60.7 Å². The van der Waals surface area contributed by atoms with E-state index in [9.17, 15) is 8.42 Å². The second-order valence-corrected chi connectivity index (χ2v) is 8.96. The topological polar surface area (TPSA) is 55.8 Å². The van der Waals surface area contributed by atoms with Crippen LogP contribution in [0.4, 0.5) is 0 Å². The van der Waals surface area contributed by atoms with Gasteiger partial charge in [0.1, 0.15) is 10.6 Å². The van der Waals surface area contributed by atoms with Crippen molar-refractivity contribution in [2.24, 2.45) is 0 Å². The fraction of sp³-hybridized carbons (Fsp3) is 0.250. The van der Waals surface area contributed by atoms with E-state index in [2.05, 4.69) is 35.8 Å². The maximum absolute atomic E-state index is 12.4. The Bertz CT molecular complexity index is 1040. The zero-order chi connectivity index (χ0) is 21.0. The number of hydrogen-bond donors (Lipinski definition) is 0. The van der Waals surface area contributed by atoms with Crippen LogP contribution in [0.5, 0.6) is 5.75 Å². The third-order valence-corrected chi connectivity index (χ3v) is 6.84. The van der Waals surface area contributed by atoms with Crippen molar-refractivity contribution in [3.05, 3.63) is 97.1 Å². The van der Waals surface area contributed by atoms with Crippen LogP contribution in [0.2, 0.25) is 0 Å². The van der Waals surface area contributed by atoms with Crippen LogP contribution in [-0.4, -0.2) is 38.6 Å². The van der Waals surface area contributed by atoms with E-state index < -0.39 is 10.1 Å². The Hall–Kier alpha value is -2.67. The molecule has 1 heterocycles. The summed E-state index contributed by atoms with van der Waals surface area (Å²) in [7, 11) is -3.85. The number of nitrogens with zero attached hydrogens (tertiary/aromatic N) is 1. The highest BCUT2D eigenvalue weighted by atomic mass is 32.2. The van der Waals surface area contributed by atoms with Gasteiger partial charge in [-0.3, -0.25) is 4.90 Å². The first-order valence-corrected chi connectivity index (χ1v) is 11.4. The van der Waals surface area contributed by atoms with Gasteiger partial charge in [0.2, 0.25) is 0 Å². The molecule has 0 spiro atoms. The highest BCUT2D eigenvalue weighted by Crippen LogP contribution is 2.33. The summed E-state index contributed by atoms with van der Waals surface area (Å²) >= 11 is 0. The standard InChI is InChI=1S/C24H25NO4S/c1-2-24(15-7-4-8-16-24)25-17-18-28-23(19-25)20-11-13-21(14-12-20)29-30(26,27)22-9-5-3-6-10-22/h2-15,23H,1,16-19H2/t23-,24+/m0/s1. The summed E-state index contributed by atoms with van der Waals surface area (Å²) in [6.07, 6.45) is 11.3. The molecule has 0 amide bonds. The number of ether oxygens (including phenoxy) is 1. The zero-order valence-corrected chi connectivity index (χ0v) is 17.5. The SMILES string of the molecule is C=C[C@@]1(N2CCO[C@H](c3ccc(OS(=O)(=O)c4ccccc4)cc3)C2)C=CC=CC1. The second kappa shape index (κ2) is 8.60. The highest BCUT2D eigenvalue weighted by Gasteiger charge is 2.35. The second-order valence-electron chi connectivity index (χ2n) is 7.41. The number of benzene rings is 2. The molecule has 30 heavy (non-hydrogen) atoms. The molecule has 0 bridgehead atoms. The van der Waals surface area contributed by atoms with Gasteiger partial charge in [0.05, 0.1) is 18.2 Å². The summed E-state index contributed by atoms with van der Waals surface area (Å²) in [5, 5.41) is 0. The van der Waals surface area contributed by atoms with Crippen molar-refractivity contribution in [3.8, 4) is 5.75 Å². The van der Waals surface area contributed by atoms with Crippen molar-refractivity contribution in [1.29, 1.82) is 0 Å². The summed E-state index contributed by atoms with van der Waals surface area (Å²) in [6, 6.07) is 15.2. The molecule has 6 heteroatoms. The van der Waals surface area contributed by atoms with Gasteiger partial charge < -0.3 is 8.92 Å². The van der Waals surface area contributed by atoms with Gasteiger partial charge in [-0.05, 0) is 36.2 Å². The lowest BCUT2D eigenvalue weighted by molar-refractivity contribution is -0.0511. The number of allylic oxidation sites excluding steroid dienone is 2. The van der Waals surface area contributed by atoms with Crippen molar-refractivity contribution in [2.45, 2.75) is 23.0 Å². The van der Waals surface area contributed by atoms with Gasteiger partial charge in [-0.2, -0.15) is 8.42 Å². The molecule has 5 nitrogen and oxygen atoms in total. The van der Waals surface area contributed by atoms with Crippen molar-refractivity contribution >= 4 is 10.1 Å². The van der Waals surface area contributed by atoms with Crippen LogP contribution in [0.15, 0.2) is 96.5 Å². The Morgan fingerprint density at radius 3 is 2.53 bits per heavy atom. The Kier molecular flexibility index (Phi) is 5.90. The van der Waals surface area contributed by atoms with Gasteiger partial charge >= 0.3 is 10.1 Å². The van der Waals surface area contributed by atoms with Gasteiger partial charge in [0.25, 0.3) is 0 Å². The van der Waals surface area contributed by atoms with E-state index in [-0.39, 0.29) is 22.3 Å². The van der Waals surface area contributed by atoms with Crippen LogP contribution in [-0.2, 0) is 14.9 Å². The van der Waals surface area contributed by atoms with E-state index in [1.54, 1.807) is 30.3 Å². The molecule has 0 N–H and O–H groups in total. The van der Waals surface area contributed by atoms with E-state index in [1.807, 2.05) is 18.2 Å². The summed E-state index contributed by atoms with van der Waals surface area (Å²) in [5.41, 5.74) is 0.794. The zero-order valence-electron chi connectivity index (χ0n) is 16.7. The summed E-state index contributed by atoms with van der Waals surface area (Å²) in [6.45, 7) is 6.24. The molecular weight excluding hydrogens is 398 g/mol. The maximum atomic E-state index is 12.4. The minimum atomic E-state index is -3.85. The molecule has 1 fully saturated rings. The lowest BCUT2D eigenvalue weighted by Gasteiger charge is -2.44. The number of morpholine rings is 1. The predicted molar refractivity (Wildman–Crippen MR) is 117 cm³/mol. The highest BCUT2D eigenvalue weighted by molar-refractivity contribution is 7.87. The molecule has 0 aromatic heterocycles. The predicted octanol–water partition coefficient (Wildman–Crippen LogP) is 4.27. The Balaban J connectivity index is 1.47. The summed E-state index contributed by atoms with van der Waals surface area (Å²) < 4.78 is 36.1. The largest absolute Gasteiger partial charge is 0.379 e. The van der Waals surface area contributed by atoms with E-state index in [4.69, 9.17) is 8.92 Å². The summed E-state index contributed by atoms with van der Waals surface area (Å²) in [5.74, 6) is 0.276. The van der Waals surface area contributed by atoms with Crippen molar-refractivity contribution < 1.29 is 17.3 Å². The van der Waals surface area contributed by atoms with Crippen molar-refractivity contribution in [2.75, 3.05) is 19.7 Å². The molecule has 0 radical (unpaired) electrons. The molecule has 4 rings (SSSR count). The Labute approximate surface area is 178 Å². The monoisotopic (exact) mass is 423 g/mol. The minimum Gasteiger partial charge on any atom is -0.379 e. The minimum absolute atomic E-state index is 0.102. The van der Waals surface area contributed by atoms with Crippen LogP contribution >= 0.6 is 0 Å². The van der Waals surface area contributed by atoms with Gasteiger partial charge in [0, 0.05) is 13.1 Å². The fourth-order valence-corrected chi connectivity index (χ4v) is 4.82. The van der Waals surface area contributed by atoms with Crippen LogP contribution < -0.4 is 4.18 Å². The van der Waals surface area contributed by atoms with Gasteiger partial charge in [-0.25, -0.2) is 0 Å². The molecule has 0 saturated carbocycles. The van der Waals surface area contributed by atoms with E-state index in [1.165, 1.54) is 12.1 Å². The van der Waals surface area contributed by atoms with Crippen LogP contribution in [0, 0.1) is 0 Å². The molecule has 156 valence electrons. The molecule has 2 aromatic rings. The molecule has 1 aliphatic heterocycles. The van der Waals surface area contributed by atoms with E-state index in [0.29, 0.717) is 6.61 Å². The molecule has 0 unspecified atom stereocenters. The van der Waals surface area contributed by atoms with Gasteiger partial charge in [-0.15, -0.1) is 6.58 Å². The molecule has 1 aliphatic carbocycles. The first-order valence-electron chi connectivity index (χ1n) is 9.97. The molecular formula is C24H25NO4S. The lowest BCUT2D eigenvalue weighted by Crippen LogP contribution is -2.52. The molecule has 1 saturated heterocycles. The normalized spacial score (nSPS) is 24.5. The Morgan fingerprint density at radius 2 is 1.87 bits per heavy atom. The third-order valence-electron chi connectivity index (χ3n) is 5.58. The van der Waals surface area contributed by atoms with Gasteiger partial charge in [0.15, 0.2) is 0 Å². The number of rotatable bonds is 6. The van der Waals surface area contributed by atoms with Crippen molar-refractivity contribution in [3.63, 3.8) is 0 Å². The maximum Gasteiger partial charge on any atom is 0.339 e. The number of hydrogen-bond acceptors (Lipinski definition) is 5. The van der Waals surface area contributed by atoms with Crippen LogP contribution in [0.25, 0.3) is 0 Å². The average Bonchev–Trinajstić information content (AvgIpc) is 2.80. The smallest absolute Gasteiger partial charge is 0.339 e. The first kappa shape index (κ1) is 20.6. The first-order chi connectivity index (χ1) is 14.5. The molecule has 2 aliphatic rings. The van der Waals surface area contributed by atoms with Crippen LogP contribution in [0.3, 0.4) is 0 Å². The quantitative estimate of drug-likeness (QED) is 0.513. The van der Waals surface area contributed by atoms with E-state index in [0.717, 1.165) is 25.1 Å². The lowest BCUT2D eigenvalue weighted by atomic mass is 9.88. The average molecular weight is 424 g/mol.